The molecule has 0 amide bonds. The first-order valence-corrected chi connectivity index (χ1v) is 5.76. The third-order valence-corrected chi connectivity index (χ3v) is 3.27. The molecule has 0 unspecified atom stereocenters. The molecule has 90 valence electrons. The van der Waals surface area contributed by atoms with E-state index in [1.54, 1.807) is 0 Å². The lowest BCUT2D eigenvalue weighted by Gasteiger charge is -2.11. The fourth-order valence-corrected chi connectivity index (χ4v) is 2.39. The summed E-state index contributed by atoms with van der Waals surface area (Å²) in [6, 6.07) is 0.976. The lowest BCUT2D eigenvalue weighted by Crippen LogP contribution is -2.36. The second kappa shape index (κ2) is 4.24. The lowest BCUT2D eigenvalue weighted by molar-refractivity contribution is 0.0661. The molecule has 0 aliphatic rings. The van der Waals surface area contributed by atoms with Crippen LogP contribution in [0.4, 0.5) is 0 Å². The predicted molar refractivity (Wildman–Crippen MR) is 54.4 cm³/mol. The number of nitrogens with one attached hydrogen (secondary N) is 1. The van der Waals surface area contributed by atoms with Crippen LogP contribution in [0.5, 0.6) is 0 Å². The Morgan fingerprint density at radius 3 is 2.44 bits per heavy atom. The molecule has 0 aliphatic heterocycles. The van der Waals surface area contributed by atoms with Crippen LogP contribution in [-0.2, 0) is 10.0 Å². The van der Waals surface area contributed by atoms with Crippen molar-refractivity contribution in [3.8, 4) is 0 Å². The Morgan fingerprint density at radius 2 is 2.06 bits per heavy atom. The van der Waals surface area contributed by atoms with Gasteiger partial charge >= 0.3 is 5.97 Å². The van der Waals surface area contributed by atoms with Crippen LogP contribution in [0.2, 0.25) is 0 Å². The highest BCUT2D eigenvalue weighted by molar-refractivity contribution is 7.89. The van der Waals surface area contributed by atoms with Crippen molar-refractivity contribution in [2.45, 2.75) is 11.8 Å². The molecule has 0 radical (unpaired) electrons. The standard InChI is InChI=1S/C8H12N2O5S/c1-5-7(4-6(15-5)8(11)12)16(13,14)9-10(2)3/h4,9H,1-3H3,(H,11,12). The summed E-state index contributed by atoms with van der Waals surface area (Å²) >= 11 is 0. The Kier molecular flexibility index (Phi) is 3.36. The minimum Gasteiger partial charge on any atom is -0.475 e. The molecule has 1 rings (SSSR count). The molecule has 0 fully saturated rings. The number of sulfonamides is 1. The van der Waals surface area contributed by atoms with E-state index in [1.165, 1.54) is 26.0 Å². The summed E-state index contributed by atoms with van der Waals surface area (Å²) < 4.78 is 28.2. The number of furan rings is 1. The molecular formula is C8H12N2O5S. The maximum atomic E-state index is 11.7. The first-order valence-electron chi connectivity index (χ1n) is 4.27. The number of carboxylic acid groups (broad SMARTS) is 1. The van der Waals surface area contributed by atoms with Crippen molar-refractivity contribution in [3.05, 3.63) is 17.6 Å². The fraction of sp³-hybridized carbons (Fsp3) is 0.375. The Labute approximate surface area is 92.7 Å². The van der Waals surface area contributed by atoms with Gasteiger partial charge in [-0.1, -0.05) is 0 Å². The number of aryl methyl sites for hydroxylation is 1. The number of hydrogen-bond donors (Lipinski definition) is 2. The van der Waals surface area contributed by atoms with Gasteiger partial charge in [0.25, 0.3) is 10.0 Å². The Bertz CT molecular complexity index is 502. The van der Waals surface area contributed by atoms with Crippen molar-refractivity contribution in [1.29, 1.82) is 0 Å². The largest absolute Gasteiger partial charge is 0.475 e. The predicted octanol–water partition coefficient (Wildman–Crippen LogP) is 0.0411. The van der Waals surface area contributed by atoms with Crippen molar-refractivity contribution in [2.24, 2.45) is 0 Å². The molecule has 1 heterocycles. The van der Waals surface area contributed by atoms with Crippen LogP contribution in [0.1, 0.15) is 16.3 Å². The van der Waals surface area contributed by atoms with Gasteiger partial charge in [0.1, 0.15) is 10.7 Å². The summed E-state index contributed by atoms with van der Waals surface area (Å²) in [4.78, 5) is 12.6. The molecule has 0 spiro atoms. The van der Waals surface area contributed by atoms with Gasteiger partial charge in [-0.15, -0.1) is 4.83 Å². The third-order valence-electron chi connectivity index (χ3n) is 1.68. The van der Waals surface area contributed by atoms with Gasteiger partial charge in [-0.05, 0) is 6.92 Å². The van der Waals surface area contributed by atoms with E-state index in [0.29, 0.717) is 0 Å². The highest BCUT2D eigenvalue weighted by atomic mass is 32.2. The van der Waals surface area contributed by atoms with Crippen LogP contribution in [0, 0.1) is 6.92 Å². The van der Waals surface area contributed by atoms with Crippen LogP contribution in [0.15, 0.2) is 15.4 Å². The minimum absolute atomic E-state index is 0.0340. The van der Waals surface area contributed by atoms with Crippen LogP contribution in [0.25, 0.3) is 0 Å². The van der Waals surface area contributed by atoms with Gasteiger partial charge in [0, 0.05) is 20.2 Å². The van der Waals surface area contributed by atoms with E-state index in [-0.39, 0.29) is 10.7 Å². The minimum atomic E-state index is -3.78. The third kappa shape index (κ3) is 2.60. The molecule has 16 heavy (non-hydrogen) atoms. The number of carbonyl (C=O) groups is 1. The van der Waals surface area contributed by atoms with Crippen molar-refractivity contribution in [1.82, 2.24) is 9.84 Å². The zero-order valence-corrected chi connectivity index (χ0v) is 9.83. The zero-order valence-electron chi connectivity index (χ0n) is 9.01. The van der Waals surface area contributed by atoms with E-state index in [9.17, 15) is 13.2 Å². The smallest absolute Gasteiger partial charge is 0.371 e. The highest BCUT2D eigenvalue weighted by Crippen LogP contribution is 2.19. The van der Waals surface area contributed by atoms with Gasteiger partial charge in [0.05, 0.1) is 0 Å². The van der Waals surface area contributed by atoms with Crippen LogP contribution >= 0.6 is 0 Å². The number of carboxylic acids is 1. The number of hydrazine groups is 1. The van der Waals surface area contributed by atoms with E-state index >= 15 is 0 Å². The first kappa shape index (κ1) is 12.7. The monoisotopic (exact) mass is 248 g/mol. The molecule has 7 nitrogen and oxygen atoms in total. The van der Waals surface area contributed by atoms with E-state index in [4.69, 9.17) is 9.52 Å². The summed E-state index contributed by atoms with van der Waals surface area (Å²) in [5, 5.41) is 9.89. The Balaban J connectivity index is 3.18. The molecule has 0 aliphatic carbocycles. The first-order chi connectivity index (χ1) is 7.24. The number of nitrogens with zero attached hydrogens (tertiary/aromatic N) is 1. The quantitative estimate of drug-likeness (QED) is 0.730. The van der Waals surface area contributed by atoms with Crippen LogP contribution < -0.4 is 4.83 Å². The number of aromatic carboxylic acids is 1. The number of rotatable bonds is 4. The Morgan fingerprint density at radius 1 is 1.50 bits per heavy atom. The number of hydrogen-bond acceptors (Lipinski definition) is 5. The van der Waals surface area contributed by atoms with Gasteiger partial charge in [-0.25, -0.2) is 18.2 Å². The van der Waals surface area contributed by atoms with Gasteiger partial charge in [0.2, 0.25) is 5.76 Å². The molecule has 1 aromatic heterocycles. The average molecular weight is 248 g/mol. The summed E-state index contributed by atoms with van der Waals surface area (Å²) in [5.74, 6) is -1.68. The summed E-state index contributed by atoms with van der Waals surface area (Å²) in [7, 11) is -0.774. The molecule has 0 bridgehead atoms. The van der Waals surface area contributed by atoms with Gasteiger partial charge < -0.3 is 9.52 Å². The van der Waals surface area contributed by atoms with E-state index in [0.717, 1.165) is 6.07 Å². The molecule has 2 N–H and O–H groups in total. The average Bonchev–Trinajstić information content (AvgIpc) is 2.45. The summed E-state index contributed by atoms with van der Waals surface area (Å²) in [6.07, 6.45) is 0. The van der Waals surface area contributed by atoms with Crippen molar-refractivity contribution in [3.63, 3.8) is 0 Å². The highest BCUT2D eigenvalue weighted by Gasteiger charge is 2.24. The summed E-state index contributed by atoms with van der Waals surface area (Å²) in [5.41, 5.74) is 0. The van der Waals surface area contributed by atoms with Gasteiger partial charge in [0.15, 0.2) is 0 Å². The summed E-state index contributed by atoms with van der Waals surface area (Å²) in [6.45, 7) is 1.39. The van der Waals surface area contributed by atoms with Crippen molar-refractivity contribution < 1.29 is 22.7 Å². The molecule has 0 atom stereocenters. The van der Waals surface area contributed by atoms with Crippen molar-refractivity contribution >= 4 is 16.0 Å². The second-order valence-corrected chi connectivity index (χ2v) is 4.95. The van der Waals surface area contributed by atoms with Gasteiger partial charge in [-0.3, -0.25) is 0 Å². The lowest BCUT2D eigenvalue weighted by atomic mass is 10.4. The van der Waals surface area contributed by atoms with E-state index in [1.807, 2.05) is 0 Å². The van der Waals surface area contributed by atoms with Crippen LogP contribution in [0.3, 0.4) is 0 Å². The SMILES string of the molecule is Cc1oc(C(=O)O)cc1S(=O)(=O)NN(C)C. The normalized spacial score (nSPS) is 12.0. The van der Waals surface area contributed by atoms with E-state index in [2.05, 4.69) is 4.83 Å². The maximum absolute atomic E-state index is 11.7. The fourth-order valence-electron chi connectivity index (χ4n) is 1.13. The van der Waals surface area contributed by atoms with E-state index < -0.39 is 21.8 Å². The molecule has 0 saturated heterocycles. The molecule has 0 saturated carbocycles. The van der Waals surface area contributed by atoms with Crippen LogP contribution in [-0.4, -0.2) is 38.6 Å². The van der Waals surface area contributed by atoms with Gasteiger partial charge in [-0.2, -0.15) is 0 Å². The molecular weight excluding hydrogens is 236 g/mol. The van der Waals surface area contributed by atoms with Crippen molar-refractivity contribution in [2.75, 3.05) is 14.1 Å². The Hall–Kier alpha value is -1.38. The topological polar surface area (TPSA) is 99.8 Å². The zero-order chi connectivity index (χ0) is 12.5. The molecule has 8 heteroatoms. The maximum Gasteiger partial charge on any atom is 0.371 e. The second-order valence-electron chi connectivity index (χ2n) is 3.33. The molecule has 0 aromatic carbocycles. The molecule has 1 aromatic rings.